The third-order valence-corrected chi connectivity index (χ3v) is 9.31. The van der Waals surface area contributed by atoms with E-state index < -0.39 is 36.6 Å². The van der Waals surface area contributed by atoms with E-state index in [9.17, 15) is 0 Å². The summed E-state index contributed by atoms with van der Waals surface area (Å²) in [6.45, 7) is 24.9. The molecule has 1 aliphatic carbocycles. The molecule has 0 N–H and O–H groups in total. The normalized spacial score (nSPS) is 23.6. The fourth-order valence-corrected chi connectivity index (χ4v) is 5.67. The Hall–Kier alpha value is -2.11. The van der Waals surface area contributed by atoms with Gasteiger partial charge >= 0.3 is 14.2 Å². The van der Waals surface area contributed by atoms with Crippen LogP contribution in [0.3, 0.4) is 0 Å². The van der Waals surface area contributed by atoms with Crippen molar-refractivity contribution in [2.45, 2.75) is 96.1 Å². The van der Waals surface area contributed by atoms with Crippen molar-refractivity contribution in [3.63, 3.8) is 0 Å². The molecule has 2 heterocycles. The van der Waals surface area contributed by atoms with Gasteiger partial charge < -0.3 is 18.6 Å². The van der Waals surface area contributed by atoms with Gasteiger partial charge in [0.15, 0.2) is 0 Å². The summed E-state index contributed by atoms with van der Waals surface area (Å²) in [4.78, 5) is 0. The first-order chi connectivity index (χ1) is 17.2. The van der Waals surface area contributed by atoms with E-state index in [1.54, 1.807) is 0 Å². The topological polar surface area (TPSA) is 36.9 Å². The fourth-order valence-electron chi connectivity index (χ4n) is 5.67. The van der Waals surface area contributed by atoms with Crippen LogP contribution in [0.25, 0.3) is 11.1 Å². The molecule has 6 heteroatoms. The first-order valence-corrected chi connectivity index (χ1v) is 13.3. The summed E-state index contributed by atoms with van der Waals surface area (Å²) < 4.78 is 25.5. The molecule has 0 spiro atoms. The van der Waals surface area contributed by atoms with Gasteiger partial charge in [-0.05, 0) is 107 Å². The fraction of sp³-hybridized carbons (Fsp3) is 0.484. The number of hydrogen-bond acceptors (Lipinski definition) is 4. The quantitative estimate of drug-likeness (QED) is 0.390. The summed E-state index contributed by atoms with van der Waals surface area (Å²) in [7, 11) is -0.891. The highest BCUT2D eigenvalue weighted by molar-refractivity contribution is 6.62. The van der Waals surface area contributed by atoms with Gasteiger partial charge in [-0.1, -0.05) is 42.5 Å². The van der Waals surface area contributed by atoms with Crippen molar-refractivity contribution in [3.05, 3.63) is 72.8 Å². The molecule has 1 radical (unpaired) electrons. The number of benzene rings is 2. The van der Waals surface area contributed by atoms with Gasteiger partial charge in [-0.2, -0.15) is 0 Å². The highest BCUT2D eigenvalue weighted by Gasteiger charge is 2.54. The SMILES string of the molecule is C=CCC1(CC=C)c2[c]c(B3OC(C)(C)C(C)(C)O3)ccc2-c2ccc(B3OC(C)(C)C(C)(C)O3)cc21. The molecule has 0 aromatic heterocycles. The summed E-state index contributed by atoms with van der Waals surface area (Å²) in [5.41, 5.74) is 4.73. The third kappa shape index (κ3) is 3.91. The van der Waals surface area contributed by atoms with Gasteiger partial charge in [-0.15, -0.1) is 13.2 Å². The molecule has 2 saturated heterocycles. The van der Waals surface area contributed by atoms with Crippen LogP contribution >= 0.6 is 0 Å². The molecule has 5 rings (SSSR count). The summed E-state index contributed by atoms with van der Waals surface area (Å²) in [6.07, 6.45) is 5.52. The minimum atomic E-state index is -0.468. The molecule has 3 aliphatic rings. The summed E-state index contributed by atoms with van der Waals surface area (Å²) in [5, 5.41) is 0. The summed E-state index contributed by atoms with van der Waals surface area (Å²) in [5.74, 6) is 0. The molecular formula is C31H39B2O4. The predicted octanol–water partition coefficient (Wildman–Crippen LogP) is 5.50. The molecule has 0 amide bonds. The van der Waals surface area contributed by atoms with Crippen LogP contribution in [0.5, 0.6) is 0 Å². The molecule has 0 bridgehead atoms. The van der Waals surface area contributed by atoms with E-state index >= 15 is 0 Å². The maximum Gasteiger partial charge on any atom is 0.495 e. The zero-order valence-corrected chi connectivity index (χ0v) is 23.7. The van der Waals surface area contributed by atoms with Gasteiger partial charge in [-0.3, -0.25) is 0 Å². The van der Waals surface area contributed by atoms with Crippen LogP contribution in [0.2, 0.25) is 0 Å². The number of hydrogen-bond donors (Lipinski definition) is 0. The Labute approximate surface area is 223 Å². The van der Waals surface area contributed by atoms with Gasteiger partial charge in [-0.25, -0.2) is 0 Å². The first-order valence-electron chi connectivity index (χ1n) is 13.3. The number of fused-ring (bicyclic) bond motifs is 3. The minimum absolute atomic E-state index is 0.340. The van der Waals surface area contributed by atoms with Crippen LogP contribution in [0.4, 0.5) is 0 Å². The van der Waals surface area contributed by atoms with E-state index in [4.69, 9.17) is 18.6 Å². The van der Waals surface area contributed by atoms with Crippen molar-refractivity contribution in [2.75, 3.05) is 0 Å². The lowest BCUT2D eigenvalue weighted by Crippen LogP contribution is -2.41. The zero-order chi connectivity index (χ0) is 27.0. The molecule has 2 aromatic rings. The molecule has 37 heavy (non-hydrogen) atoms. The lowest BCUT2D eigenvalue weighted by molar-refractivity contribution is 0.00578. The van der Waals surface area contributed by atoms with E-state index in [1.165, 1.54) is 16.7 Å². The Balaban J connectivity index is 1.61. The van der Waals surface area contributed by atoms with Gasteiger partial charge in [0.25, 0.3) is 0 Å². The van der Waals surface area contributed by atoms with Crippen LogP contribution in [-0.2, 0) is 24.0 Å². The Morgan fingerprint density at radius 1 is 0.703 bits per heavy atom. The van der Waals surface area contributed by atoms with Gasteiger partial charge in [0.2, 0.25) is 0 Å². The molecule has 0 atom stereocenters. The van der Waals surface area contributed by atoms with Crippen molar-refractivity contribution in [1.82, 2.24) is 0 Å². The van der Waals surface area contributed by atoms with Crippen LogP contribution in [0.15, 0.2) is 55.6 Å². The molecule has 2 aromatic carbocycles. The van der Waals surface area contributed by atoms with Crippen LogP contribution < -0.4 is 10.9 Å². The van der Waals surface area contributed by atoms with Crippen LogP contribution in [0, 0.1) is 6.07 Å². The lowest BCUT2D eigenvalue weighted by atomic mass is 9.68. The van der Waals surface area contributed by atoms with Crippen LogP contribution in [0.1, 0.15) is 79.4 Å². The Bertz CT molecular complexity index is 1130. The Kier molecular flexibility index (Phi) is 6.05. The molecule has 2 fully saturated rings. The molecule has 0 saturated carbocycles. The minimum Gasteiger partial charge on any atom is -0.399 e. The molecule has 0 unspecified atom stereocenters. The number of rotatable bonds is 6. The molecule has 2 aliphatic heterocycles. The Morgan fingerprint density at radius 3 is 1.70 bits per heavy atom. The van der Waals surface area contributed by atoms with Gasteiger partial charge in [0.05, 0.1) is 22.4 Å². The van der Waals surface area contributed by atoms with E-state index in [1.807, 2.05) is 12.2 Å². The summed E-state index contributed by atoms with van der Waals surface area (Å²) in [6, 6.07) is 14.6. The second-order valence-corrected chi connectivity index (χ2v) is 12.8. The van der Waals surface area contributed by atoms with E-state index in [-0.39, 0.29) is 5.41 Å². The maximum absolute atomic E-state index is 6.40. The standard InChI is InChI=1S/C31H39B2O4/c1-11-17-31(18-12-2)25-19-21(32-34-27(3,4)28(5,6)35-32)13-15-23(25)24-16-14-22(20-26(24)31)33-36-29(7,8)30(9,10)37-33/h11-16,19H,1-2,17-18H2,3-10H3. The highest BCUT2D eigenvalue weighted by Crippen LogP contribution is 2.53. The van der Waals surface area contributed by atoms with E-state index in [0.717, 1.165) is 29.3 Å². The highest BCUT2D eigenvalue weighted by atomic mass is 16.7. The van der Waals surface area contributed by atoms with Crippen molar-refractivity contribution in [2.24, 2.45) is 0 Å². The second-order valence-electron chi connectivity index (χ2n) is 12.8. The number of allylic oxidation sites excluding steroid dienone is 2. The monoisotopic (exact) mass is 497 g/mol. The van der Waals surface area contributed by atoms with E-state index in [2.05, 4.69) is 105 Å². The van der Waals surface area contributed by atoms with E-state index in [0.29, 0.717) is 0 Å². The largest absolute Gasteiger partial charge is 0.495 e. The smallest absolute Gasteiger partial charge is 0.399 e. The lowest BCUT2D eigenvalue weighted by Gasteiger charge is -2.32. The predicted molar refractivity (Wildman–Crippen MR) is 153 cm³/mol. The second kappa shape index (κ2) is 8.44. The van der Waals surface area contributed by atoms with Gasteiger partial charge in [0, 0.05) is 5.41 Å². The maximum atomic E-state index is 6.40. The molecule has 4 nitrogen and oxygen atoms in total. The average molecular weight is 497 g/mol. The Morgan fingerprint density at radius 2 is 1.19 bits per heavy atom. The van der Waals surface area contributed by atoms with Crippen LogP contribution in [-0.4, -0.2) is 36.6 Å². The zero-order valence-electron chi connectivity index (χ0n) is 23.7. The van der Waals surface area contributed by atoms with Gasteiger partial charge in [0.1, 0.15) is 0 Å². The van der Waals surface area contributed by atoms with Crippen molar-refractivity contribution in [1.29, 1.82) is 0 Å². The first kappa shape index (κ1) is 26.5. The van der Waals surface area contributed by atoms with Crippen molar-refractivity contribution < 1.29 is 18.6 Å². The average Bonchev–Trinajstić information content (AvgIpc) is 3.29. The van der Waals surface area contributed by atoms with Crippen molar-refractivity contribution >= 4 is 25.2 Å². The summed E-state index contributed by atoms with van der Waals surface area (Å²) >= 11 is 0. The third-order valence-electron chi connectivity index (χ3n) is 9.31. The molecule has 193 valence electrons. The molecular weight excluding hydrogens is 458 g/mol. The van der Waals surface area contributed by atoms with Crippen molar-refractivity contribution in [3.8, 4) is 11.1 Å².